The summed E-state index contributed by atoms with van der Waals surface area (Å²) in [4.78, 5) is 18.0. The first-order valence-electron chi connectivity index (χ1n) is 9.07. The van der Waals surface area contributed by atoms with Gasteiger partial charge >= 0.3 is 0 Å². The molecule has 0 aliphatic heterocycles. The zero-order valence-corrected chi connectivity index (χ0v) is 15.8. The molecular weight excluding hydrogens is 348 g/mol. The highest BCUT2D eigenvalue weighted by Crippen LogP contribution is 2.19. The van der Waals surface area contributed by atoms with E-state index >= 15 is 0 Å². The predicted molar refractivity (Wildman–Crippen MR) is 114 cm³/mol. The molecule has 0 N–H and O–H groups in total. The Hall–Kier alpha value is -3.66. The highest BCUT2D eigenvalue weighted by molar-refractivity contribution is 5.80. The van der Waals surface area contributed by atoms with Gasteiger partial charge < -0.3 is 4.74 Å². The molecule has 0 unspecified atom stereocenters. The molecule has 4 nitrogen and oxygen atoms in total. The van der Waals surface area contributed by atoms with Gasteiger partial charge in [-0.1, -0.05) is 54.1 Å². The Balaban J connectivity index is 1.92. The average molecular weight is 368 g/mol. The number of methoxy groups -OCH3 is 1. The summed E-state index contributed by atoms with van der Waals surface area (Å²) < 4.78 is 6.95. The standard InChI is InChI=1S/C24H20N2O2/c1-17-10-12-18(13-11-17)14-15-23-25-22-9-4-3-8-21(22)24(27)26(23)19-6-5-7-20(16-19)28-2/h3-16H,1-2H3. The maximum absolute atomic E-state index is 13.3. The molecule has 0 fully saturated rings. The van der Waals surface area contributed by atoms with Crippen LogP contribution in [0.1, 0.15) is 17.0 Å². The van der Waals surface area contributed by atoms with E-state index in [0.717, 1.165) is 5.56 Å². The fraction of sp³-hybridized carbons (Fsp3) is 0.0833. The molecular formula is C24H20N2O2. The van der Waals surface area contributed by atoms with Crippen molar-refractivity contribution in [3.63, 3.8) is 0 Å². The number of aryl methyl sites for hydroxylation is 1. The minimum Gasteiger partial charge on any atom is -0.497 e. The average Bonchev–Trinajstić information content (AvgIpc) is 2.73. The Morgan fingerprint density at radius 3 is 2.50 bits per heavy atom. The lowest BCUT2D eigenvalue weighted by atomic mass is 10.1. The van der Waals surface area contributed by atoms with Gasteiger partial charge in [0.05, 0.1) is 23.7 Å². The van der Waals surface area contributed by atoms with E-state index in [1.165, 1.54) is 5.56 Å². The minimum atomic E-state index is -0.109. The van der Waals surface area contributed by atoms with Crippen molar-refractivity contribution in [2.75, 3.05) is 7.11 Å². The summed E-state index contributed by atoms with van der Waals surface area (Å²) in [6.07, 6.45) is 3.84. The van der Waals surface area contributed by atoms with Gasteiger partial charge in [-0.05, 0) is 42.8 Å². The molecule has 0 atom stereocenters. The largest absolute Gasteiger partial charge is 0.497 e. The fourth-order valence-electron chi connectivity index (χ4n) is 3.11. The van der Waals surface area contributed by atoms with Gasteiger partial charge in [0, 0.05) is 6.07 Å². The van der Waals surface area contributed by atoms with Crippen molar-refractivity contribution in [3.05, 3.63) is 100 Å². The number of ether oxygens (including phenoxy) is 1. The van der Waals surface area contributed by atoms with Crippen LogP contribution in [-0.4, -0.2) is 16.7 Å². The maximum Gasteiger partial charge on any atom is 0.266 e. The van der Waals surface area contributed by atoms with Crippen LogP contribution in [0.2, 0.25) is 0 Å². The third-order valence-electron chi connectivity index (χ3n) is 4.62. The van der Waals surface area contributed by atoms with E-state index in [4.69, 9.17) is 9.72 Å². The number of nitrogens with zero attached hydrogens (tertiary/aromatic N) is 2. The van der Waals surface area contributed by atoms with E-state index < -0.39 is 0 Å². The molecule has 4 aromatic rings. The summed E-state index contributed by atoms with van der Waals surface area (Å²) in [6.45, 7) is 2.05. The van der Waals surface area contributed by atoms with Crippen molar-refractivity contribution in [2.45, 2.75) is 6.92 Å². The minimum absolute atomic E-state index is 0.109. The van der Waals surface area contributed by atoms with Crippen LogP contribution in [0.4, 0.5) is 0 Å². The zero-order valence-electron chi connectivity index (χ0n) is 15.8. The van der Waals surface area contributed by atoms with Gasteiger partial charge in [0.15, 0.2) is 0 Å². The smallest absolute Gasteiger partial charge is 0.266 e. The third kappa shape index (κ3) is 3.45. The van der Waals surface area contributed by atoms with E-state index in [9.17, 15) is 4.79 Å². The normalized spacial score (nSPS) is 11.2. The Morgan fingerprint density at radius 1 is 0.929 bits per heavy atom. The lowest BCUT2D eigenvalue weighted by Gasteiger charge is -2.12. The summed E-state index contributed by atoms with van der Waals surface area (Å²) in [6, 6.07) is 23.0. The quantitative estimate of drug-likeness (QED) is 0.516. The number of para-hydroxylation sites is 1. The van der Waals surface area contributed by atoms with E-state index in [2.05, 4.69) is 19.1 Å². The van der Waals surface area contributed by atoms with Crippen LogP contribution in [-0.2, 0) is 0 Å². The fourth-order valence-corrected chi connectivity index (χ4v) is 3.11. The molecule has 0 spiro atoms. The number of benzene rings is 3. The second-order valence-electron chi connectivity index (χ2n) is 6.57. The van der Waals surface area contributed by atoms with E-state index in [1.54, 1.807) is 17.7 Å². The molecule has 0 saturated carbocycles. The summed E-state index contributed by atoms with van der Waals surface area (Å²) >= 11 is 0. The molecule has 0 aliphatic carbocycles. The number of hydrogen-bond acceptors (Lipinski definition) is 3. The van der Waals surface area contributed by atoms with Crippen LogP contribution < -0.4 is 10.3 Å². The van der Waals surface area contributed by atoms with E-state index in [1.807, 2.05) is 66.7 Å². The number of fused-ring (bicyclic) bond motifs is 1. The highest BCUT2D eigenvalue weighted by atomic mass is 16.5. The molecule has 0 radical (unpaired) electrons. The number of rotatable bonds is 4. The second kappa shape index (κ2) is 7.53. The Morgan fingerprint density at radius 2 is 1.71 bits per heavy atom. The molecule has 138 valence electrons. The molecule has 4 heteroatoms. The van der Waals surface area contributed by atoms with Gasteiger partial charge in [-0.15, -0.1) is 0 Å². The predicted octanol–water partition coefficient (Wildman–Crippen LogP) is 4.87. The highest BCUT2D eigenvalue weighted by Gasteiger charge is 2.11. The van der Waals surface area contributed by atoms with E-state index in [-0.39, 0.29) is 5.56 Å². The number of hydrogen-bond donors (Lipinski definition) is 0. The molecule has 0 amide bonds. The molecule has 4 rings (SSSR count). The van der Waals surface area contributed by atoms with Gasteiger partial charge in [-0.3, -0.25) is 9.36 Å². The van der Waals surface area contributed by atoms with Crippen LogP contribution >= 0.6 is 0 Å². The monoisotopic (exact) mass is 368 g/mol. The van der Waals surface area contributed by atoms with Gasteiger partial charge in [0.25, 0.3) is 5.56 Å². The van der Waals surface area contributed by atoms with Crippen molar-refractivity contribution >= 4 is 23.1 Å². The lowest BCUT2D eigenvalue weighted by Crippen LogP contribution is -2.22. The molecule has 0 bridgehead atoms. The summed E-state index contributed by atoms with van der Waals surface area (Å²) in [5.74, 6) is 1.25. The third-order valence-corrected chi connectivity index (χ3v) is 4.62. The van der Waals surface area contributed by atoms with Crippen LogP contribution in [0.15, 0.2) is 77.6 Å². The van der Waals surface area contributed by atoms with Gasteiger partial charge in [0.1, 0.15) is 11.6 Å². The Labute approximate surface area is 163 Å². The first-order valence-corrected chi connectivity index (χ1v) is 9.07. The van der Waals surface area contributed by atoms with Crippen LogP contribution in [0.3, 0.4) is 0 Å². The molecule has 3 aromatic carbocycles. The maximum atomic E-state index is 13.3. The van der Waals surface area contributed by atoms with Crippen molar-refractivity contribution < 1.29 is 4.74 Å². The molecule has 0 saturated heterocycles. The van der Waals surface area contributed by atoms with Gasteiger partial charge in [-0.2, -0.15) is 0 Å². The van der Waals surface area contributed by atoms with Crippen molar-refractivity contribution in [1.29, 1.82) is 0 Å². The number of aromatic nitrogens is 2. The molecule has 0 aliphatic rings. The molecule has 1 aromatic heterocycles. The molecule has 1 heterocycles. The second-order valence-corrected chi connectivity index (χ2v) is 6.57. The van der Waals surface area contributed by atoms with Crippen molar-refractivity contribution in [1.82, 2.24) is 9.55 Å². The first-order chi connectivity index (χ1) is 13.7. The summed E-state index contributed by atoms with van der Waals surface area (Å²) in [5.41, 5.74) is 3.53. The SMILES string of the molecule is COc1cccc(-n2c(C=Cc3ccc(C)cc3)nc3ccccc3c2=O)c1. The zero-order chi connectivity index (χ0) is 19.5. The van der Waals surface area contributed by atoms with Gasteiger partial charge in [-0.25, -0.2) is 4.98 Å². The Kier molecular flexibility index (Phi) is 4.77. The molecule has 28 heavy (non-hydrogen) atoms. The topological polar surface area (TPSA) is 44.1 Å². The van der Waals surface area contributed by atoms with E-state index in [0.29, 0.717) is 28.2 Å². The van der Waals surface area contributed by atoms with Crippen molar-refractivity contribution in [3.8, 4) is 11.4 Å². The van der Waals surface area contributed by atoms with Crippen LogP contribution in [0.5, 0.6) is 5.75 Å². The Bertz CT molecular complexity index is 1220. The van der Waals surface area contributed by atoms with Gasteiger partial charge in [0.2, 0.25) is 0 Å². The summed E-state index contributed by atoms with van der Waals surface area (Å²) in [7, 11) is 1.61. The van der Waals surface area contributed by atoms with Crippen LogP contribution in [0, 0.1) is 6.92 Å². The lowest BCUT2D eigenvalue weighted by molar-refractivity contribution is 0.414. The summed E-state index contributed by atoms with van der Waals surface area (Å²) in [5, 5.41) is 0.581. The van der Waals surface area contributed by atoms with Crippen molar-refractivity contribution in [2.24, 2.45) is 0 Å². The first kappa shape index (κ1) is 17.7. The van der Waals surface area contributed by atoms with Crippen LogP contribution in [0.25, 0.3) is 28.7 Å².